The van der Waals surface area contributed by atoms with Crippen LogP contribution in [0, 0.1) is 17.0 Å². The van der Waals surface area contributed by atoms with Crippen molar-refractivity contribution in [1.82, 2.24) is 4.98 Å². The van der Waals surface area contributed by atoms with Gasteiger partial charge in [0.05, 0.1) is 0 Å². The van der Waals surface area contributed by atoms with Gasteiger partial charge in [0.2, 0.25) is 5.54 Å². The quantitative estimate of drug-likeness (QED) is 0.564. The number of pyridine rings is 1. The van der Waals surface area contributed by atoms with Gasteiger partial charge in [-0.05, 0) is 18.6 Å². The number of nitroso groups, excluding NO2 is 1. The second-order valence-electron chi connectivity index (χ2n) is 5.78. The lowest BCUT2D eigenvalue weighted by atomic mass is 9.84. The summed E-state index contributed by atoms with van der Waals surface area (Å²) in [7, 11) is 0. The number of aromatic nitrogens is 1. The number of amidine groups is 1. The summed E-state index contributed by atoms with van der Waals surface area (Å²) in [6.45, 7) is 9.00. The van der Waals surface area contributed by atoms with Gasteiger partial charge in [0.1, 0.15) is 10.3 Å². The molecule has 0 aromatic carbocycles. The third-order valence-corrected chi connectivity index (χ3v) is 4.03. The van der Waals surface area contributed by atoms with Crippen LogP contribution in [0.4, 0.5) is 0 Å². The van der Waals surface area contributed by atoms with Crippen LogP contribution in [0.2, 0.25) is 0 Å². The molecule has 0 bridgehead atoms. The van der Waals surface area contributed by atoms with E-state index in [1.54, 1.807) is 46.2 Å². The van der Waals surface area contributed by atoms with Crippen LogP contribution < -0.4 is 0 Å². The molecule has 0 aliphatic carbocycles. The van der Waals surface area contributed by atoms with Gasteiger partial charge in [0.25, 0.3) is 5.54 Å². The van der Waals surface area contributed by atoms with Gasteiger partial charge in [-0.15, -0.1) is 4.74 Å². The Labute approximate surface area is 106 Å². The number of nitrogens with zero attached hydrogens (tertiary/aromatic N) is 3. The fourth-order valence-electron chi connectivity index (χ4n) is 2.02. The van der Waals surface area contributed by atoms with E-state index in [0.717, 1.165) is 15.1 Å². The van der Waals surface area contributed by atoms with Crippen molar-refractivity contribution in [1.29, 1.82) is 0 Å². The molecule has 0 unspecified atom stereocenters. The van der Waals surface area contributed by atoms with E-state index in [9.17, 15) is 10.1 Å². The summed E-state index contributed by atoms with van der Waals surface area (Å²) < 4.78 is 1.60. The molecule has 0 saturated carbocycles. The van der Waals surface area contributed by atoms with Crippen molar-refractivity contribution in [3.8, 4) is 0 Å². The lowest BCUT2D eigenvalue weighted by molar-refractivity contribution is -0.555. The third-order valence-electron chi connectivity index (χ3n) is 4.03. The topological polar surface area (TPSA) is 59.0 Å². The second kappa shape index (κ2) is 3.60. The molecule has 0 N–H and O–H groups in total. The normalized spacial score (nSPS) is 21.5. The first-order valence-corrected chi connectivity index (χ1v) is 5.93. The largest absolute Gasteiger partial charge is 0.618 e. The Morgan fingerprint density at radius 3 is 2.22 bits per heavy atom. The molecule has 1 aromatic heterocycles. The predicted octanol–water partition coefficient (Wildman–Crippen LogP) is 2.00. The van der Waals surface area contributed by atoms with Gasteiger partial charge >= 0.3 is 5.84 Å². The van der Waals surface area contributed by atoms with Gasteiger partial charge in [-0.1, -0.05) is 0 Å². The first-order valence-electron chi connectivity index (χ1n) is 5.93. The summed E-state index contributed by atoms with van der Waals surface area (Å²) in [5.41, 5.74) is -0.0789. The fourth-order valence-corrected chi connectivity index (χ4v) is 2.02. The molecule has 5 heteroatoms. The molecule has 18 heavy (non-hydrogen) atoms. The molecule has 0 amide bonds. The first-order chi connectivity index (χ1) is 8.19. The molecule has 0 radical (unpaired) electrons. The third kappa shape index (κ3) is 1.46. The van der Waals surface area contributed by atoms with E-state index in [1.165, 1.54) is 0 Å². The van der Waals surface area contributed by atoms with Gasteiger partial charge < -0.3 is 5.21 Å². The lowest BCUT2D eigenvalue weighted by Gasteiger charge is -2.22. The van der Waals surface area contributed by atoms with Gasteiger partial charge in [-0.25, -0.2) is 0 Å². The maximum atomic E-state index is 12.4. The van der Waals surface area contributed by atoms with E-state index >= 15 is 0 Å². The molecule has 2 heterocycles. The Balaban J connectivity index is 2.65. The lowest BCUT2D eigenvalue weighted by Crippen LogP contribution is -2.50. The Kier molecular flexibility index (Phi) is 2.54. The van der Waals surface area contributed by atoms with Gasteiger partial charge in [0, 0.05) is 45.0 Å². The van der Waals surface area contributed by atoms with Crippen molar-refractivity contribution in [2.75, 3.05) is 0 Å². The molecule has 0 atom stereocenters. The molecule has 0 spiro atoms. The summed E-state index contributed by atoms with van der Waals surface area (Å²) in [6, 6.07) is 1.80. The molecular formula is C13H18N3O2+. The van der Waals surface area contributed by atoms with Crippen molar-refractivity contribution in [2.24, 2.45) is 0 Å². The molecule has 1 aromatic rings. The highest BCUT2D eigenvalue weighted by molar-refractivity contribution is 5.89. The van der Waals surface area contributed by atoms with E-state index in [4.69, 9.17) is 0 Å². The zero-order chi connectivity index (χ0) is 13.7. The average molecular weight is 248 g/mol. The van der Waals surface area contributed by atoms with E-state index in [-0.39, 0.29) is 5.84 Å². The first kappa shape index (κ1) is 12.7. The minimum Gasteiger partial charge on any atom is -0.618 e. The smallest absolute Gasteiger partial charge is 0.506 e. The Morgan fingerprint density at radius 2 is 1.78 bits per heavy atom. The summed E-state index contributed by atoms with van der Waals surface area (Å²) in [4.78, 5) is 16.4. The highest BCUT2D eigenvalue weighted by Crippen LogP contribution is 2.35. The van der Waals surface area contributed by atoms with Crippen molar-refractivity contribution in [2.45, 2.75) is 45.7 Å². The van der Waals surface area contributed by atoms with Crippen LogP contribution in [-0.2, 0) is 0 Å². The Hall–Kier alpha value is -1.78. The van der Waals surface area contributed by atoms with Crippen LogP contribution >= 0.6 is 0 Å². The summed E-state index contributed by atoms with van der Waals surface area (Å²) in [5.74, 6) is 0.140. The van der Waals surface area contributed by atoms with E-state index in [1.807, 2.05) is 6.92 Å². The van der Waals surface area contributed by atoms with Crippen molar-refractivity contribution < 1.29 is 9.50 Å². The molecular weight excluding hydrogens is 230 g/mol. The van der Waals surface area contributed by atoms with Gasteiger partial charge in [0.15, 0.2) is 0 Å². The van der Waals surface area contributed by atoms with Gasteiger partial charge in [-0.2, -0.15) is 0 Å². The minimum absolute atomic E-state index is 0.140. The average Bonchev–Trinajstić information content (AvgIpc) is 2.38. The number of hydroxylamine groups is 1. The van der Waals surface area contributed by atoms with E-state index in [2.05, 4.69) is 4.98 Å². The zero-order valence-electron chi connectivity index (χ0n) is 11.4. The Bertz CT molecular complexity index is 559. The highest BCUT2D eigenvalue weighted by atomic mass is 16.5. The van der Waals surface area contributed by atoms with E-state index in [0.29, 0.717) is 5.56 Å². The molecule has 0 saturated heterocycles. The van der Waals surface area contributed by atoms with Crippen LogP contribution in [0.25, 0.3) is 0 Å². The van der Waals surface area contributed by atoms with E-state index < -0.39 is 11.1 Å². The summed E-state index contributed by atoms with van der Waals surface area (Å²) in [6.07, 6.45) is 3.25. The Morgan fingerprint density at radius 1 is 1.17 bits per heavy atom. The highest BCUT2D eigenvalue weighted by Gasteiger charge is 2.68. The molecule has 96 valence electrons. The second-order valence-corrected chi connectivity index (χ2v) is 5.78. The standard InChI is InChI=1S/C13H18N3O2/c1-9-6-10(8-14-7-9)11-15(17)12(2,3)13(4,5)16(11)18/h6-8H,1-5H3/q+1. The zero-order valence-corrected chi connectivity index (χ0v) is 11.4. The number of rotatable bonds is 1. The van der Waals surface area contributed by atoms with Crippen LogP contribution in [0.1, 0.15) is 38.8 Å². The van der Waals surface area contributed by atoms with Crippen molar-refractivity contribution >= 4 is 5.84 Å². The predicted molar refractivity (Wildman–Crippen MR) is 68.5 cm³/mol. The van der Waals surface area contributed by atoms with Crippen molar-refractivity contribution in [3.63, 3.8) is 0 Å². The molecule has 5 nitrogen and oxygen atoms in total. The minimum atomic E-state index is -0.784. The molecule has 1 aliphatic heterocycles. The maximum Gasteiger partial charge on any atom is 0.506 e. The molecule has 2 rings (SSSR count). The van der Waals surface area contributed by atoms with Gasteiger partial charge in [-0.3, -0.25) is 4.98 Å². The molecule has 1 aliphatic rings. The number of aryl methyl sites for hydroxylation is 1. The number of hydrogen-bond donors (Lipinski definition) is 0. The number of hydrogen-bond acceptors (Lipinski definition) is 3. The summed E-state index contributed by atoms with van der Waals surface area (Å²) in [5, 5.41) is 12.4. The fraction of sp³-hybridized carbons (Fsp3) is 0.538. The van der Waals surface area contributed by atoms with Crippen molar-refractivity contribution in [3.05, 3.63) is 39.7 Å². The molecule has 0 fully saturated rings. The SMILES string of the molecule is Cc1cncc(C2=[N+]([O-])C(C)(C)C(C)(C)[N+]2=O)c1. The van der Waals surface area contributed by atoms with Crippen LogP contribution in [0.15, 0.2) is 18.5 Å². The van der Waals surface area contributed by atoms with Crippen LogP contribution in [0.3, 0.4) is 0 Å². The van der Waals surface area contributed by atoms with Crippen LogP contribution in [0.5, 0.6) is 0 Å². The van der Waals surface area contributed by atoms with Crippen LogP contribution in [-0.4, -0.2) is 31.4 Å². The monoisotopic (exact) mass is 248 g/mol. The maximum absolute atomic E-state index is 12.4. The summed E-state index contributed by atoms with van der Waals surface area (Å²) >= 11 is 0.